The van der Waals surface area contributed by atoms with Crippen LogP contribution in [-0.2, 0) is 9.47 Å². The third-order valence-electron chi connectivity index (χ3n) is 2.07. The number of hydrogen-bond acceptors (Lipinski definition) is 5. The molecular weight excluding hydrogens is 164 g/mol. The maximum atomic E-state index is 9.40. The van der Waals surface area contributed by atoms with Crippen LogP contribution in [-0.4, -0.2) is 53.1 Å². The van der Waals surface area contributed by atoms with Crippen LogP contribution in [0.1, 0.15) is 6.92 Å². The third-order valence-corrected chi connectivity index (χ3v) is 2.07. The van der Waals surface area contributed by atoms with Crippen LogP contribution >= 0.6 is 0 Å². The Morgan fingerprint density at radius 2 is 1.75 bits per heavy atom. The Bertz CT molecular complexity index is 137. The van der Waals surface area contributed by atoms with Crippen molar-refractivity contribution in [1.82, 2.24) is 0 Å². The van der Waals surface area contributed by atoms with Gasteiger partial charge in [-0.05, 0) is 6.92 Å². The van der Waals surface area contributed by atoms with Gasteiger partial charge in [0.05, 0.1) is 6.10 Å². The van der Waals surface area contributed by atoms with Gasteiger partial charge >= 0.3 is 0 Å². The molecule has 0 bridgehead atoms. The molecule has 12 heavy (non-hydrogen) atoms. The highest BCUT2D eigenvalue weighted by Crippen LogP contribution is 2.21. The third kappa shape index (κ3) is 1.60. The van der Waals surface area contributed by atoms with E-state index in [1.54, 1.807) is 6.92 Å². The van der Waals surface area contributed by atoms with Crippen molar-refractivity contribution in [3.05, 3.63) is 0 Å². The van der Waals surface area contributed by atoms with Gasteiger partial charge in [0, 0.05) is 7.11 Å². The minimum atomic E-state index is -1.28. The quantitative estimate of drug-likeness (QED) is 0.453. The molecule has 0 radical (unpaired) electrons. The van der Waals surface area contributed by atoms with Crippen LogP contribution in [0.2, 0.25) is 0 Å². The minimum Gasteiger partial charge on any atom is -0.388 e. The summed E-state index contributed by atoms with van der Waals surface area (Å²) in [5.41, 5.74) is 0. The van der Waals surface area contributed by atoms with Crippen molar-refractivity contribution in [3.63, 3.8) is 0 Å². The van der Waals surface area contributed by atoms with Crippen molar-refractivity contribution < 1.29 is 24.8 Å². The van der Waals surface area contributed by atoms with E-state index in [4.69, 9.17) is 14.6 Å². The fourth-order valence-corrected chi connectivity index (χ4v) is 1.29. The molecule has 0 aromatic carbocycles. The van der Waals surface area contributed by atoms with Crippen LogP contribution in [0.4, 0.5) is 0 Å². The molecule has 72 valence electrons. The summed E-state index contributed by atoms with van der Waals surface area (Å²) in [5.74, 6) is 0. The summed E-state index contributed by atoms with van der Waals surface area (Å²) in [6.07, 6.45) is -4.71. The van der Waals surface area contributed by atoms with Crippen molar-refractivity contribution >= 4 is 0 Å². The van der Waals surface area contributed by atoms with E-state index in [-0.39, 0.29) is 0 Å². The molecule has 1 rings (SSSR count). The van der Waals surface area contributed by atoms with Gasteiger partial charge in [-0.15, -0.1) is 0 Å². The Labute approximate surface area is 70.5 Å². The average molecular weight is 178 g/mol. The second kappa shape index (κ2) is 3.68. The van der Waals surface area contributed by atoms with Crippen molar-refractivity contribution in [1.29, 1.82) is 0 Å². The van der Waals surface area contributed by atoms with Gasteiger partial charge in [-0.25, -0.2) is 0 Å². The predicted octanol–water partition coefficient (Wildman–Crippen LogP) is -1.54. The fraction of sp³-hybridized carbons (Fsp3) is 1.00. The molecule has 1 heterocycles. The van der Waals surface area contributed by atoms with Crippen LogP contribution < -0.4 is 0 Å². The number of hydrogen-bond donors (Lipinski definition) is 3. The number of rotatable bonds is 1. The van der Waals surface area contributed by atoms with Crippen LogP contribution in [0, 0.1) is 0 Å². The highest BCUT2D eigenvalue weighted by atomic mass is 16.6. The molecule has 0 unspecified atom stereocenters. The summed E-state index contributed by atoms with van der Waals surface area (Å²) in [6, 6.07) is 0. The summed E-state index contributed by atoms with van der Waals surface area (Å²) in [6.45, 7) is 1.60. The van der Waals surface area contributed by atoms with Gasteiger partial charge in [0.1, 0.15) is 18.3 Å². The zero-order chi connectivity index (χ0) is 9.30. The van der Waals surface area contributed by atoms with Crippen molar-refractivity contribution in [3.8, 4) is 0 Å². The molecule has 5 heteroatoms. The molecule has 0 spiro atoms. The molecule has 0 saturated carbocycles. The van der Waals surface area contributed by atoms with E-state index in [1.165, 1.54) is 7.11 Å². The molecule has 0 amide bonds. The van der Waals surface area contributed by atoms with Gasteiger partial charge < -0.3 is 24.8 Å². The summed E-state index contributed by atoms with van der Waals surface area (Å²) in [7, 11) is 1.36. The van der Waals surface area contributed by atoms with E-state index in [0.29, 0.717) is 0 Å². The second-order valence-electron chi connectivity index (χ2n) is 2.91. The standard InChI is InChI=1S/C7H14O5/c1-3-4(8)6(11-2)5(9)7(10)12-3/h3-10H,1-2H3/t3-,4-,5+,6+,7+/m1/s1. The zero-order valence-electron chi connectivity index (χ0n) is 7.04. The molecular formula is C7H14O5. The van der Waals surface area contributed by atoms with Crippen LogP contribution in [0.5, 0.6) is 0 Å². The first-order valence-corrected chi connectivity index (χ1v) is 3.80. The van der Waals surface area contributed by atoms with Crippen molar-refractivity contribution in [2.24, 2.45) is 0 Å². The maximum absolute atomic E-state index is 9.40. The van der Waals surface area contributed by atoms with E-state index in [0.717, 1.165) is 0 Å². The first kappa shape index (κ1) is 9.88. The van der Waals surface area contributed by atoms with E-state index < -0.39 is 30.7 Å². The van der Waals surface area contributed by atoms with Gasteiger partial charge in [-0.3, -0.25) is 0 Å². The molecule has 5 nitrogen and oxygen atoms in total. The lowest BCUT2D eigenvalue weighted by molar-refractivity contribution is -0.282. The summed E-state index contributed by atoms with van der Waals surface area (Å²) >= 11 is 0. The van der Waals surface area contributed by atoms with E-state index in [2.05, 4.69) is 0 Å². The smallest absolute Gasteiger partial charge is 0.183 e. The first-order chi connectivity index (χ1) is 5.57. The Kier molecular flexibility index (Phi) is 3.03. The lowest BCUT2D eigenvalue weighted by Gasteiger charge is -2.38. The van der Waals surface area contributed by atoms with Gasteiger partial charge in [0.15, 0.2) is 6.29 Å². The van der Waals surface area contributed by atoms with Crippen LogP contribution in [0.25, 0.3) is 0 Å². The van der Waals surface area contributed by atoms with E-state index in [9.17, 15) is 10.2 Å². The highest BCUT2D eigenvalue weighted by molar-refractivity contribution is 4.87. The first-order valence-electron chi connectivity index (χ1n) is 3.80. The molecule has 1 saturated heterocycles. The van der Waals surface area contributed by atoms with Crippen molar-refractivity contribution in [2.75, 3.05) is 7.11 Å². The van der Waals surface area contributed by atoms with Crippen LogP contribution in [0.15, 0.2) is 0 Å². The SMILES string of the molecule is CO[C@H]1[C@H](O)[C@@H](C)O[C@H](O)[C@H]1O. The Morgan fingerprint density at radius 3 is 2.25 bits per heavy atom. The van der Waals surface area contributed by atoms with Crippen molar-refractivity contribution in [2.45, 2.75) is 37.6 Å². The number of ether oxygens (including phenoxy) is 2. The number of methoxy groups -OCH3 is 1. The monoisotopic (exact) mass is 178 g/mol. The molecule has 0 aromatic rings. The zero-order valence-corrected chi connectivity index (χ0v) is 7.04. The van der Waals surface area contributed by atoms with Crippen LogP contribution in [0.3, 0.4) is 0 Å². The summed E-state index contributed by atoms with van der Waals surface area (Å²) in [5, 5.41) is 27.8. The summed E-state index contributed by atoms with van der Waals surface area (Å²) < 4.78 is 9.63. The minimum absolute atomic E-state index is 0.534. The topological polar surface area (TPSA) is 79.2 Å². The predicted molar refractivity (Wildman–Crippen MR) is 39.4 cm³/mol. The largest absolute Gasteiger partial charge is 0.388 e. The number of aliphatic hydroxyl groups is 3. The second-order valence-corrected chi connectivity index (χ2v) is 2.91. The fourth-order valence-electron chi connectivity index (χ4n) is 1.29. The lowest BCUT2D eigenvalue weighted by atomic mass is 10.00. The Hall–Kier alpha value is -0.200. The maximum Gasteiger partial charge on any atom is 0.183 e. The van der Waals surface area contributed by atoms with Gasteiger partial charge in [-0.2, -0.15) is 0 Å². The molecule has 1 fully saturated rings. The Morgan fingerprint density at radius 1 is 1.17 bits per heavy atom. The normalized spacial score (nSPS) is 49.2. The number of aliphatic hydroxyl groups excluding tert-OH is 3. The summed E-state index contributed by atoms with van der Waals surface area (Å²) in [4.78, 5) is 0. The molecule has 1 aliphatic rings. The molecule has 3 N–H and O–H groups in total. The molecule has 0 aliphatic carbocycles. The highest BCUT2D eigenvalue weighted by Gasteiger charge is 2.42. The van der Waals surface area contributed by atoms with Gasteiger partial charge in [0.25, 0.3) is 0 Å². The van der Waals surface area contributed by atoms with E-state index in [1.807, 2.05) is 0 Å². The molecule has 5 atom stereocenters. The average Bonchev–Trinajstić information content (AvgIpc) is 2.02. The van der Waals surface area contributed by atoms with Gasteiger partial charge in [0.2, 0.25) is 0 Å². The Balaban J connectivity index is 2.67. The van der Waals surface area contributed by atoms with Gasteiger partial charge in [-0.1, -0.05) is 0 Å². The lowest BCUT2D eigenvalue weighted by Crippen LogP contribution is -2.57. The molecule has 1 aliphatic heterocycles. The molecule has 0 aromatic heterocycles. The van der Waals surface area contributed by atoms with E-state index >= 15 is 0 Å².